The van der Waals surface area contributed by atoms with Crippen LogP contribution in [0.15, 0.2) is 65.7 Å². The van der Waals surface area contributed by atoms with E-state index in [-0.39, 0.29) is 12.5 Å². The minimum Gasteiger partial charge on any atom is -0.354 e. The summed E-state index contributed by atoms with van der Waals surface area (Å²) >= 11 is 0. The van der Waals surface area contributed by atoms with Crippen LogP contribution in [-0.2, 0) is 11.3 Å². The first-order chi connectivity index (χ1) is 14.3. The Morgan fingerprint density at radius 3 is 2.28 bits per heavy atom. The van der Waals surface area contributed by atoms with Crippen LogP contribution in [0.25, 0.3) is 0 Å². The Labute approximate surface area is 173 Å². The van der Waals surface area contributed by atoms with Gasteiger partial charge in [0.15, 0.2) is 5.96 Å². The van der Waals surface area contributed by atoms with Crippen molar-refractivity contribution in [2.45, 2.75) is 25.4 Å². The van der Waals surface area contributed by atoms with Gasteiger partial charge >= 0.3 is 0 Å². The third-order valence-corrected chi connectivity index (χ3v) is 5.20. The number of nitrogens with one attached hydrogen (secondary N) is 3. The number of rotatable bonds is 8. The quantitative estimate of drug-likeness (QED) is 0.476. The van der Waals surface area contributed by atoms with Gasteiger partial charge in [-0.15, -0.1) is 0 Å². The van der Waals surface area contributed by atoms with E-state index in [0.29, 0.717) is 18.5 Å². The number of nitrogens with zero attached hydrogens (tertiary/aromatic N) is 2. The molecule has 1 aliphatic heterocycles. The second kappa shape index (κ2) is 11.2. The summed E-state index contributed by atoms with van der Waals surface area (Å²) in [6.07, 6.45) is 2.50. The fraction of sp³-hybridized carbons (Fsp3) is 0.391. The molecule has 2 aromatic rings. The predicted molar refractivity (Wildman–Crippen MR) is 118 cm³/mol. The summed E-state index contributed by atoms with van der Waals surface area (Å²) in [4.78, 5) is 18.9. The molecule has 1 amide bonds. The molecule has 1 unspecified atom stereocenters. The van der Waals surface area contributed by atoms with Crippen LogP contribution in [0.1, 0.15) is 30.0 Å². The molecule has 1 aliphatic rings. The molecule has 6 nitrogen and oxygen atoms in total. The van der Waals surface area contributed by atoms with Gasteiger partial charge in [0.1, 0.15) is 0 Å². The highest BCUT2D eigenvalue weighted by molar-refractivity contribution is 5.86. The maximum atomic E-state index is 12.1. The number of carbonyl (C=O) groups is 1. The smallest absolute Gasteiger partial charge is 0.239 e. The molecule has 3 rings (SSSR count). The lowest BCUT2D eigenvalue weighted by Crippen LogP contribution is -2.45. The van der Waals surface area contributed by atoms with E-state index in [1.807, 2.05) is 36.4 Å². The summed E-state index contributed by atoms with van der Waals surface area (Å²) in [6, 6.07) is 20.8. The Kier molecular flexibility index (Phi) is 8.07. The molecular weight excluding hydrogens is 362 g/mol. The molecule has 1 atom stereocenters. The van der Waals surface area contributed by atoms with Crippen molar-refractivity contribution >= 4 is 11.9 Å². The van der Waals surface area contributed by atoms with Crippen LogP contribution in [-0.4, -0.2) is 50.0 Å². The van der Waals surface area contributed by atoms with Gasteiger partial charge in [0.2, 0.25) is 5.91 Å². The molecule has 0 radical (unpaired) electrons. The van der Waals surface area contributed by atoms with Crippen LogP contribution in [0.3, 0.4) is 0 Å². The molecular formula is C23H31N5O. The van der Waals surface area contributed by atoms with Crippen LogP contribution in [0.2, 0.25) is 0 Å². The van der Waals surface area contributed by atoms with Crippen molar-refractivity contribution in [2.75, 3.05) is 33.2 Å². The third kappa shape index (κ3) is 6.61. The fourth-order valence-electron chi connectivity index (χ4n) is 3.62. The van der Waals surface area contributed by atoms with Gasteiger partial charge in [0, 0.05) is 20.1 Å². The second-order valence-corrected chi connectivity index (χ2v) is 7.24. The summed E-state index contributed by atoms with van der Waals surface area (Å²) in [6.45, 7) is 3.70. The Balaban J connectivity index is 1.47. The summed E-state index contributed by atoms with van der Waals surface area (Å²) in [5, 5.41) is 9.42. The zero-order valence-electron chi connectivity index (χ0n) is 17.1. The molecule has 1 heterocycles. The zero-order valence-corrected chi connectivity index (χ0v) is 17.1. The van der Waals surface area contributed by atoms with E-state index >= 15 is 0 Å². The van der Waals surface area contributed by atoms with Crippen molar-refractivity contribution in [1.29, 1.82) is 0 Å². The van der Waals surface area contributed by atoms with Crippen LogP contribution in [0.5, 0.6) is 0 Å². The largest absolute Gasteiger partial charge is 0.354 e. The van der Waals surface area contributed by atoms with E-state index in [1.165, 1.54) is 18.4 Å². The monoisotopic (exact) mass is 393 g/mol. The lowest BCUT2D eigenvalue weighted by atomic mass is 10.1. The van der Waals surface area contributed by atoms with Crippen molar-refractivity contribution in [2.24, 2.45) is 4.99 Å². The summed E-state index contributed by atoms with van der Waals surface area (Å²) in [7, 11) is 1.73. The van der Waals surface area contributed by atoms with Gasteiger partial charge < -0.3 is 16.0 Å². The molecule has 0 aliphatic carbocycles. The zero-order chi connectivity index (χ0) is 20.3. The predicted octanol–water partition coefficient (Wildman–Crippen LogP) is 2.30. The maximum absolute atomic E-state index is 12.1. The minimum atomic E-state index is -0.0593. The first-order valence-corrected chi connectivity index (χ1v) is 10.3. The normalized spacial score (nSPS) is 15.7. The van der Waals surface area contributed by atoms with Gasteiger partial charge in [-0.3, -0.25) is 14.7 Å². The summed E-state index contributed by atoms with van der Waals surface area (Å²) < 4.78 is 0. The SMILES string of the molecule is CN=C(NCC(=O)NCc1ccccc1)NCC(c1ccccc1)N1CCCC1. The summed E-state index contributed by atoms with van der Waals surface area (Å²) in [5.41, 5.74) is 2.39. The first-order valence-electron chi connectivity index (χ1n) is 10.3. The van der Waals surface area contributed by atoms with E-state index < -0.39 is 0 Å². The Morgan fingerprint density at radius 1 is 0.966 bits per heavy atom. The Bertz CT molecular complexity index is 772. The highest BCUT2D eigenvalue weighted by Crippen LogP contribution is 2.24. The van der Waals surface area contributed by atoms with Crippen molar-refractivity contribution in [3.8, 4) is 0 Å². The highest BCUT2D eigenvalue weighted by atomic mass is 16.1. The molecule has 0 aromatic heterocycles. The van der Waals surface area contributed by atoms with Gasteiger partial charge in [-0.1, -0.05) is 60.7 Å². The van der Waals surface area contributed by atoms with Crippen LogP contribution < -0.4 is 16.0 Å². The summed E-state index contributed by atoms with van der Waals surface area (Å²) in [5.74, 6) is 0.580. The molecule has 0 saturated carbocycles. The number of amides is 1. The van der Waals surface area contributed by atoms with Crippen molar-refractivity contribution in [3.05, 3.63) is 71.8 Å². The molecule has 154 valence electrons. The fourth-order valence-corrected chi connectivity index (χ4v) is 3.62. The van der Waals surface area contributed by atoms with Gasteiger partial charge in [-0.05, 0) is 37.1 Å². The molecule has 1 fully saturated rings. The van der Waals surface area contributed by atoms with E-state index in [0.717, 1.165) is 25.2 Å². The molecule has 2 aromatic carbocycles. The molecule has 3 N–H and O–H groups in total. The van der Waals surface area contributed by atoms with Gasteiger partial charge in [-0.25, -0.2) is 0 Å². The molecule has 1 saturated heterocycles. The standard InChI is InChI=1S/C23H31N5O/c1-24-23(27-18-22(29)25-16-19-10-4-2-5-11-19)26-17-21(28-14-8-9-15-28)20-12-6-3-7-13-20/h2-7,10-13,21H,8-9,14-18H2,1H3,(H,25,29)(H2,24,26,27). The van der Waals surface area contributed by atoms with Crippen molar-refractivity contribution in [1.82, 2.24) is 20.9 Å². The van der Waals surface area contributed by atoms with Crippen molar-refractivity contribution in [3.63, 3.8) is 0 Å². The topological polar surface area (TPSA) is 68.8 Å². The lowest BCUT2D eigenvalue weighted by Gasteiger charge is -2.28. The first kappa shape index (κ1) is 20.9. The number of hydrogen-bond acceptors (Lipinski definition) is 3. The molecule has 29 heavy (non-hydrogen) atoms. The number of aliphatic imine (C=N–C) groups is 1. The van der Waals surface area contributed by atoms with Gasteiger partial charge in [0.25, 0.3) is 0 Å². The average Bonchev–Trinajstić information content (AvgIpc) is 3.30. The molecule has 0 bridgehead atoms. The minimum absolute atomic E-state index is 0.0593. The number of benzene rings is 2. The number of carbonyl (C=O) groups excluding carboxylic acids is 1. The number of likely N-dealkylation sites (tertiary alicyclic amines) is 1. The molecule has 0 spiro atoms. The highest BCUT2D eigenvalue weighted by Gasteiger charge is 2.23. The Morgan fingerprint density at radius 2 is 1.62 bits per heavy atom. The van der Waals surface area contributed by atoms with E-state index in [1.54, 1.807) is 7.05 Å². The number of guanidine groups is 1. The average molecular weight is 394 g/mol. The van der Waals surface area contributed by atoms with Gasteiger partial charge in [0.05, 0.1) is 12.6 Å². The molecule has 6 heteroatoms. The van der Waals surface area contributed by atoms with Crippen LogP contribution in [0, 0.1) is 0 Å². The van der Waals surface area contributed by atoms with Crippen LogP contribution >= 0.6 is 0 Å². The second-order valence-electron chi connectivity index (χ2n) is 7.24. The van der Waals surface area contributed by atoms with Crippen molar-refractivity contribution < 1.29 is 4.79 Å². The van der Waals surface area contributed by atoms with E-state index in [2.05, 4.69) is 50.1 Å². The number of hydrogen-bond donors (Lipinski definition) is 3. The lowest BCUT2D eigenvalue weighted by molar-refractivity contribution is -0.120. The van der Waals surface area contributed by atoms with E-state index in [9.17, 15) is 4.79 Å². The Hall–Kier alpha value is -2.86. The van der Waals surface area contributed by atoms with Crippen LogP contribution in [0.4, 0.5) is 0 Å². The maximum Gasteiger partial charge on any atom is 0.239 e. The van der Waals surface area contributed by atoms with Gasteiger partial charge in [-0.2, -0.15) is 0 Å². The van der Waals surface area contributed by atoms with E-state index in [4.69, 9.17) is 0 Å². The third-order valence-electron chi connectivity index (χ3n) is 5.20.